The molecule has 7 nitrogen and oxygen atoms in total. The average molecular weight is 410 g/mol. The molecule has 0 radical (unpaired) electrons. The highest BCUT2D eigenvalue weighted by Gasteiger charge is 2.27. The number of rotatable bonds is 8. The number of imide groups is 1. The van der Waals surface area contributed by atoms with Crippen LogP contribution in [0, 0.1) is 12.8 Å². The lowest BCUT2D eigenvalue weighted by atomic mass is 10.0. The van der Waals surface area contributed by atoms with Crippen molar-refractivity contribution in [2.24, 2.45) is 5.92 Å². The van der Waals surface area contributed by atoms with Crippen LogP contribution in [0.5, 0.6) is 0 Å². The molecule has 2 aromatic rings. The Morgan fingerprint density at radius 3 is 2.27 bits per heavy atom. The first kappa shape index (κ1) is 22.8. The fourth-order valence-electron chi connectivity index (χ4n) is 2.75. The van der Waals surface area contributed by atoms with Crippen LogP contribution < -0.4 is 10.6 Å². The van der Waals surface area contributed by atoms with Gasteiger partial charge in [0.15, 0.2) is 6.61 Å². The van der Waals surface area contributed by atoms with Gasteiger partial charge in [-0.2, -0.15) is 0 Å². The SMILES string of the molecule is Cc1cccc(C(=O)N[C@H](C(=O)OCC(=O)NC(=O)Cc2ccccc2)C(C)C)c1. The fraction of sp³-hybridized carbons (Fsp3) is 0.304. The molecule has 2 aromatic carbocycles. The van der Waals surface area contributed by atoms with E-state index in [0.29, 0.717) is 5.56 Å². The summed E-state index contributed by atoms with van der Waals surface area (Å²) in [6.45, 7) is 4.77. The third kappa shape index (κ3) is 7.16. The lowest BCUT2D eigenvalue weighted by Gasteiger charge is -2.20. The first-order valence-electron chi connectivity index (χ1n) is 9.67. The molecule has 0 unspecified atom stereocenters. The van der Waals surface area contributed by atoms with E-state index in [9.17, 15) is 19.2 Å². The first-order chi connectivity index (χ1) is 14.3. The van der Waals surface area contributed by atoms with Crippen LogP contribution in [-0.2, 0) is 25.5 Å². The molecule has 3 amide bonds. The van der Waals surface area contributed by atoms with Crippen LogP contribution >= 0.6 is 0 Å². The molecule has 0 heterocycles. The van der Waals surface area contributed by atoms with E-state index in [2.05, 4.69) is 10.6 Å². The Labute approximate surface area is 175 Å². The predicted molar refractivity (Wildman–Crippen MR) is 112 cm³/mol. The lowest BCUT2D eigenvalue weighted by Crippen LogP contribution is -2.46. The number of carbonyl (C=O) groups excluding carboxylic acids is 4. The number of hydrogen-bond donors (Lipinski definition) is 2. The molecule has 0 saturated heterocycles. The molecule has 30 heavy (non-hydrogen) atoms. The van der Waals surface area contributed by atoms with Crippen LogP contribution in [-0.4, -0.2) is 36.3 Å². The van der Waals surface area contributed by atoms with Gasteiger partial charge in [0.05, 0.1) is 6.42 Å². The monoisotopic (exact) mass is 410 g/mol. The summed E-state index contributed by atoms with van der Waals surface area (Å²) in [5.41, 5.74) is 2.11. The minimum atomic E-state index is -0.925. The Kier molecular flexibility index (Phi) is 8.29. The normalized spacial score (nSPS) is 11.5. The molecule has 0 bridgehead atoms. The number of amides is 3. The minimum absolute atomic E-state index is 0.0433. The Bertz CT molecular complexity index is 909. The lowest BCUT2D eigenvalue weighted by molar-refractivity contribution is -0.152. The number of aryl methyl sites for hydroxylation is 1. The smallest absolute Gasteiger partial charge is 0.329 e. The van der Waals surface area contributed by atoms with Crippen LogP contribution in [0.3, 0.4) is 0 Å². The molecule has 0 spiro atoms. The largest absolute Gasteiger partial charge is 0.454 e. The number of ether oxygens (including phenoxy) is 1. The predicted octanol–water partition coefficient (Wildman–Crippen LogP) is 2.18. The quantitative estimate of drug-likeness (QED) is 0.650. The van der Waals surface area contributed by atoms with Gasteiger partial charge in [0.2, 0.25) is 5.91 Å². The number of nitrogens with one attached hydrogen (secondary N) is 2. The summed E-state index contributed by atoms with van der Waals surface area (Å²) in [5, 5.41) is 4.83. The zero-order valence-corrected chi connectivity index (χ0v) is 17.3. The van der Waals surface area contributed by atoms with Crippen LogP contribution in [0.2, 0.25) is 0 Å². The van der Waals surface area contributed by atoms with Crippen LogP contribution in [0.25, 0.3) is 0 Å². The molecule has 0 aromatic heterocycles. The number of hydrogen-bond acceptors (Lipinski definition) is 5. The van der Waals surface area contributed by atoms with Gasteiger partial charge in [0.1, 0.15) is 6.04 Å². The molecular weight excluding hydrogens is 384 g/mol. The number of benzene rings is 2. The van der Waals surface area contributed by atoms with Gasteiger partial charge in [-0.05, 0) is 30.5 Å². The van der Waals surface area contributed by atoms with Gasteiger partial charge in [0.25, 0.3) is 11.8 Å². The van der Waals surface area contributed by atoms with E-state index in [-0.39, 0.29) is 12.3 Å². The van der Waals surface area contributed by atoms with Crippen LogP contribution in [0.4, 0.5) is 0 Å². The molecule has 0 aliphatic rings. The molecule has 158 valence electrons. The highest BCUT2D eigenvalue weighted by molar-refractivity contribution is 5.98. The van der Waals surface area contributed by atoms with Gasteiger partial charge in [-0.25, -0.2) is 4.79 Å². The molecule has 0 aliphatic heterocycles. The Balaban J connectivity index is 1.86. The van der Waals surface area contributed by atoms with Crippen molar-refractivity contribution in [3.63, 3.8) is 0 Å². The Hall–Kier alpha value is -3.48. The van der Waals surface area contributed by atoms with Crippen molar-refractivity contribution in [2.45, 2.75) is 33.2 Å². The van der Waals surface area contributed by atoms with Gasteiger partial charge in [-0.15, -0.1) is 0 Å². The number of carbonyl (C=O) groups is 4. The molecule has 0 aliphatic carbocycles. The molecular formula is C23H26N2O5. The van der Waals surface area contributed by atoms with Crippen molar-refractivity contribution in [1.82, 2.24) is 10.6 Å². The van der Waals surface area contributed by atoms with Crippen molar-refractivity contribution in [3.8, 4) is 0 Å². The second-order valence-corrected chi connectivity index (χ2v) is 7.31. The zero-order valence-electron chi connectivity index (χ0n) is 17.3. The topological polar surface area (TPSA) is 102 Å². The summed E-state index contributed by atoms with van der Waals surface area (Å²) in [7, 11) is 0. The van der Waals surface area contributed by atoms with Crippen molar-refractivity contribution in [2.75, 3.05) is 6.61 Å². The van der Waals surface area contributed by atoms with E-state index in [0.717, 1.165) is 11.1 Å². The van der Waals surface area contributed by atoms with E-state index in [4.69, 9.17) is 4.74 Å². The van der Waals surface area contributed by atoms with Gasteiger partial charge in [-0.3, -0.25) is 19.7 Å². The van der Waals surface area contributed by atoms with Crippen molar-refractivity contribution < 1.29 is 23.9 Å². The zero-order chi connectivity index (χ0) is 22.1. The summed E-state index contributed by atoms with van der Waals surface area (Å²) in [4.78, 5) is 48.7. The van der Waals surface area contributed by atoms with Gasteiger partial charge in [0, 0.05) is 5.56 Å². The molecule has 1 atom stereocenters. The third-order valence-electron chi connectivity index (χ3n) is 4.32. The first-order valence-corrected chi connectivity index (χ1v) is 9.67. The molecule has 0 saturated carbocycles. The summed E-state index contributed by atoms with van der Waals surface area (Å²) < 4.78 is 5.02. The fourth-order valence-corrected chi connectivity index (χ4v) is 2.75. The maximum atomic E-state index is 12.4. The molecule has 7 heteroatoms. The third-order valence-corrected chi connectivity index (χ3v) is 4.32. The minimum Gasteiger partial charge on any atom is -0.454 e. The number of esters is 1. The highest BCUT2D eigenvalue weighted by atomic mass is 16.5. The van der Waals surface area contributed by atoms with E-state index in [1.54, 1.807) is 56.3 Å². The van der Waals surface area contributed by atoms with E-state index in [1.165, 1.54) is 0 Å². The van der Waals surface area contributed by atoms with Gasteiger partial charge in [-0.1, -0.05) is 61.9 Å². The van der Waals surface area contributed by atoms with Crippen LogP contribution in [0.1, 0.15) is 35.3 Å². The standard InChI is InChI=1S/C23H26N2O5/c1-15(2)21(25-22(28)18-11-7-8-16(3)12-18)23(29)30-14-20(27)24-19(26)13-17-9-5-4-6-10-17/h4-12,15,21H,13-14H2,1-3H3,(H,25,28)(H,24,26,27)/t21-/m0/s1. The van der Waals surface area contributed by atoms with E-state index in [1.807, 2.05) is 19.1 Å². The van der Waals surface area contributed by atoms with Crippen molar-refractivity contribution >= 4 is 23.7 Å². The summed E-state index contributed by atoms with van der Waals surface area (Å²) in [5.74, 6) is -2.62. The van der Waals surface area contributed by atoms with Gasteiger partial charge < -0.3 is 10.1 Å². The Morgan fingerprint density at radius 1 is 0.933 bits per heavy atom. The second-order valence-electron chi connectivity index (χ2n) is 7.31. The molecule has 2 N–H and O–H groups in total. The van der Waals surface area contributed by atoms with E-state index >= 15 is 0 Å². The second kappa shape index (κ2) is 10.9. The summed E-state index contributed by atoms with van der Waals surface area (Å²) >= 11 is 0. The van der Waals surface area contributed by atoms with Crippen LogP contribution in [0.15, 0.2) is 54.6 Å². The maximum Gasteiger partial charge on any atom is 0.329 e. The average Bonchev–Trinajstić information content (AvgIpc) is 2.70. The molecule has 0 fully saturated rings. The van der Waals surface area contributed by atoms with E-state index < -0.39 is 36.3 Å². The highest BCUT2D eigenvalue weighted by Crippen LogP contribution is 2.08. The van der Waals surface area contributed by atoms with Crippen molar-refractivity contribution in [1.29, 1.82) is 0 Å². The van der Waals surface area contributed by atoms with Gasteiger partial charge >= 0.3 is 5.97 Å². The van der Waals surface area contributed by atoms with Crippen molar-refractivity contribution in [3.05, 3.63) is 71.3 Å². The summed E-state index contributed by atoms with van der Waals surface area (Å²) in [6, 6.07) is 15.0. The summed E-state index contributed by atoms with van der Waals surface area (Å²) in [6.07, 6.45) is 0.0433. The Morgan fingerprint density at radius 2 is 1.63 bits per heavy atom. The maximum absolute atomic E-state index is 12.4. The molecule has 2 rings (SSSR count).